The first kappa shape index (κ1) is 9.34. The summed E-state index contributed by atoms with van der Waals surface area (Å²) >= 11 is 0. The van der Waals surface area contributed by atoms with E-state index in [9.17, 15) is 0 Å². The largest absolute Gasteiger partial charge is 0.495 e. The molecule has 2 unspecified atom stereocenters. The molecule has 0 spiro atoms. The van der Waals surface area contributed by atoms with E-state index in [4.69, 9.17) is 10.5 Å². The molecule has 0 fully saturated rings. The molecule has 3 nitrogen and oxygen atoms in total. The van der Waals surface area contributed by atoms with Crippen molar-refractivity contribution in [1.82, 2.24) is 0 Å². The minimum absolute atomic E-state index is 0.177. The van der Waals surface area contributed by atoms with Crippen molar-refractivity contribution in [3.8, 4) is 5.75 Å². The van der Waals surface area contributed by atoms with Gasteiger partial charge in [-0.1, -0.05) is 12.1 Å². The molecule has 0 radical (unpaired) electrons. The van der Waals surface area contributed by atoms with E-state index in [1.807, 2.05) is 19.1 Å². The van der Waals surface area contributed by atoms with Gasteiger partial charge in [0.25, 0.3) is 0 Å². The van der Waals surface area contributed by atoms with Crippen molar-refractivity contribution in [2.45, 2.75) is 18.9 Å². The lowest BCUT2D eigenvalue weighted by atomic mass is 9.95. The standard InChI is InChI=1S/C11H16N2O/c1-7(12)9-6-13-11-8(9)4-3-5-10(11)14-2/h3-5,7,9,13H,6,12H2,1-2H3. The van der Waals surface area contributed by atoms with Gasteiger partial charge in [-0.15, -0.1) is 0 Å². The Morgan fingerprint density at radius 1 is 1.57 bits per heavy atom. The highest BCUT2D eigenvalue weighted by atomic mass is 16.5. The zero-order chi connectivity index (χ0) is 10.1. The van der Waals surface area contributed by atoms with Crippen LogP contribution in [-0.2, 0) is 0 Å². The van der Waals surface area contributed by atoms with Gasteiger partial charge in [-0.05, 0) is 18.6 Å². The number of nitrogens with one attached hydrogen (secondary N) is 1. The lowest BCUT2D eigenvalue weighted by Gasteiger charge is -2.14. The Hall–Kier alpha value is -1.22. The summed E-state index contributed by atoms with van der Waals surface area (Å²) in [7, 11) is 1.69. The van der Waals surface area contributed by atoms with Crippen molar-refractivity contribution in [3.05, 3.63) is 23.8 Å². The van der Waals surface area contributed by atoms with Gasteiger partial charge in [-0.25, -0.2) is 0 Å². The third-order valence-electron chi connectivity index (χ3n) is 2.81. The van der Waals surface area contributed by atoms with Crippen LogP contribution in [0, 0.1) is 0 Å². The summed E-state index contributed by atoms with van der Waals surface area (Å²) in [5.74, 6) is 1.31. The smallest absolute Gasteiger partial charge is 0.142 e. The molecule has 3 N–H and O–H groups in total. The minimum Gasteiger partial charge on any atom is -0.495 e. The molecule has 0 saturated carbocycles. The normalized spacial score (nSPS) is 21.2. The van der Waals surface area contributed by atoms with Gasteiger partial charge in [0, 0.05) is 18.5 Å². The molecule has 0 amide bonds. The summed E-state index contributed by atoms with van der Waals surface area (Å²) in [4.78, 5) is 0. The van der Waals surface area contributed by atoms with Gasteiger partial charge in [0.05, 0.1) is 12.8 Å². The maximum atomic E-state index is 5.92. The van der Waals surface area contributed by atoms with Gasteiger partial charge in [0.1, 0.15) is 5.75 Å². The fourth-order valence-corrected chi connectivity index (χ4v) is 2.01. The number of rotatable bonds is 2. The molecule has 0 bridgehead atoms. The Morgan fingerprint density at radius 2 is 2.36 bits per heavy atom. The van der Waals surface area contributed by atoms with Crippen molar-refractivity contribution in [2.75, 3.05) is 19.0 Å². The van der Waals surface area contributed by atoms with Crippen LogP contribution in [0.3, 0.4) is 0 Å². The van der Waals surface area contributed by atoms with Crippen molar-refractivity contribution < 1.29 is 4.74 Å². The highest BCUT2D eigenvalue weighted by Gasteiger charge is 2.27. The van der Waals surface area contributed by atoms with E-state index in [0.717, 1.165) is 18.0 Å². The van der Waals surface area contributed by atoms with Crippen LogP contribution in [0.25, 0.3) is 0 Å². The fourth-order valence-electron chi connectivity index (χ4n) is 2.01. The lowest BCUT2D eigenvalue weighted by molar-refractivity contribution is 0.416. The zero-order valence-corrected chi connectivity index (χ0v) is 8.58. The van der Waals surface area contributed by atoms with Gasteiger partial charge >= 0.3 is 0 Å². The van der Waals surface area contributed by atoms with E-state index in [-0.39, 0.29) is 6.04 Å². The number of para-hydroxylation sites is 1. The maximum absolute atomic E-state index is 5.92. The van der Waals surface area contributed by atoms with Crippen LogP contribution in [-0.4, -0.2) is 19.7 Å². The zero-order valence-electron chi connectivity index (χ0n) is 8.58. The molecule has 2 rings (SSSR count). The number of hydrogen-bond acceptors (Lipinski definition) is 3. The molecule has 76 valence electrons. The van der Waals surface area contributed by atoms with Gasteiger partial charge in [-0.3, -0.25) is 0 Å². The molecule has 0 aromatic heterocycles. The summed E-state index contributed by atoms with van der Waals surface area (Å²) in [6, 6.07) is 6.28. The second-order valence-corrected chi connectivity index (χ2v) is 3.77. The SMILES string of the molecule is COc1cccc2c1NCC2C(C)N. The number of fused-ring (bicyclic) bond motifs is 1. The summed E-state index contributed by atoms with van der Waals surface area (Å²) < 4.78 is 5.28. The van der Waals surface area contributed by atoms with Crippen molar-refractivity contribution >= 4 is 5.69 Å². The second kappa shape index (κ2) is 3.50. The van der Waals surface area contributed by atoms with E-state index in [1.165, 1.54) is 5.56 Å². The molecule has 2 atom stereocenters. The van der Waals surface area contributed by atoms with Gasteiger partial charge in [0.15, 0.2) is 0 Å². The number of nitrogens with two attached hydrogens (primary N) is 1. The molecule has 3 heteroatoms. The third-order valence-corrected chi connectivity index (χ3v) is 2.81. The molecule has 0 aliphatic carbocycles. The molecule has 1 aliphatic rings. The first-order valence-corrected chi connectivity index (χ1v) is 4.90. The van der Waals surface area contributed by atoms with Gasteiger partial charge in [-0.2, -0.15) is 0 Å². The van der Waals surface area contributed by atoms with Crippen molar-refractivity contribution in [1.29, 1.82) is 0 Å². The first-order chi connectivity index (χ1) is 6.74. The Labute approximate surface area is 84.3 Å². The quantitative estimate of drug-likeness (QED) is 0.747. The van der Waals surface area contributed by atoms with Crippen LogP contribution < -0.4 is 15.8 Å². The average Bonchev–Trinajstić information content (AvgIpc) is 2.60. The van der Waals surface area contributed by atoms with E-state index in [1.54, 1.807) is 7.11 Å². The van der Waals surface area contributed by atoms with Crippen molar-refractivity contribution in [3.63, 3.8) is 0 Å². The first-order valence-electron chi connectivity index (χ1n) is 4.90. The van der Waals surface area contributed by atoms with E-state index >= 15 is 0 Å². The lowest BCUT2D eigenvalue weighted by Crippen LogP contribution is -2.25. The maximum Gasteiger partial charge on any atom is 0.142 e. The highest BCUT2D eigenvalue weighted by molar-refractivity contribution is 5.67. The Bertz CT molecular complexity index is 336. The molecule has 0 saturated heterocycles. The van der Waals surface area contributed by atoms with Crippen LogP contribution in [0.2, 0.25) is 0 Å². The fraction of sp³-hybridized carbons (Fsp3) is 0.455. The summed E-state index contributed by atoms with van der Waals surface area (Å²) in [6.07, 6.45) is 0. The monoisotopic (exact) mass is 192 g/mol. The highest BCUT2D eigenvalue weighted by Crippen LogP contribution is 2.39. The number of ether oxygens (including phenoxy) is 1. The van der Waals surface area contributed by atoms with Crippen LogP contribution in [0.1, 0.15) is 18.4 Å². The number of methoxy groups -OCH3 is 1. The Balaban J connectivity index is 2.41. The molecule has 14 heavy (non-hydrogen) atoms. The van der Waals surface area contributed by atoms with Crippen LogP contribution in [0.15, 0.2) is 18.2 Å². The topological polar surface area (TPSA) is 47.3 Å². The van der Waals surface area contributed by atoms with Gasteiger partial charge < -0.3 is 15.8 Å². The Morgan fingerprint density at radius 3 is 3.00 bits per heavy atom. The molecule has 1 aliphatic heterocycles. The third kappa shape index (κ3) is 1.34. The Kier molecular flexibility index (Phi) is 2.33. The van der Waals surface area contributed by atoms with Gasteiger partial charge in [0.2, 0.25) is 0 Å². The summed E-state index contributed by atoms with van der Waals surface area (Å²) in [5, 5.41) is 3.35. The second-order valence-electron chi connectivity index (χ2n) is 3.77. The summed E-state index contributed by atoms with van der Waals surface area (Å²) in [6.45, 7) is 2.95. The predicted molar refractivity (Wildman–Crippen MR) is 57.9 cm³/mol. The molecule has 1 aromatic rings. The number of benzene rings is 1. The molecular weight excluding hydrogens is 176 g/mol. The van der Waals surface area contributed by atoms with Crippen LogP contribution >= 0.6 is 0 Å². The van der Waals surface area contributed by atoms with Crippen LogP contribution in [0.4, 0.5) is 5.69 Å². The van der Waals surface area contributed by atoms with Crippen molar-refractivity contribution in [2.24, 2.45) is 5.73 Å². The number of anilines is 1. The number of hydrogen-bond donors (Lipinski definition) is 2. The van der Waals surface area contributed by atoms with E-state index in [2.05, 4.69) is 11.4 Å². The minimum atomic E-state index is 0.177. The average molecular weight is 192 g/mol. The molecule has 1 aromatic carbocycles. The predicted octanol–water partition coefficient (Wildman–Crippen LogP) is 1.55. The van der Waals surface area contributed by atoms with Crippen LogP contribution in [0.5, 0.6) is 5.75 Å². The van der Waals surface area contributed by atoms with E-state index in [0.29, 0.717) is 5.92 Å². The molecular formula is C11H16N2O. The molecule has 1 heterocycles. The van der Waals surface area contributed by atoms with E-state index < -0.39 is 0 Å². The summed E-state index contributed by atoms with van der Waals surface area (Å²) in [5.41, 5.74) is 8.31.